The number of carbonyl (C=O) groups is 1. The van der Waals surface area contributed by atoms with Gasteiger partial charge in [-0.25, -0.2) is 0 Å². The van der Waals surface area contributed by atoms with Gasteiger partial charge in [-0.1, -0.05) is 24.3 Å². The van der Waals surface area contributed by atoms with Crippen molar-refractivity contribution in [3.63, 3.8) is 0 Å². The minimum absolute atomic E-state index is 0.294. The van der Waals surface area contributed by atoms with E-state index in [-0.39, 0.29) is 5.97 Å². The lowest BCUT2D eigenvalue weighted by atomic mass is 10.1. The van der Waals surface area contributed by atoms with Gasteiger partial charge in [0.2, 0.25) is 0 Å². The van der Waals surface area contributed by atoms with Gasteiger partial charge in [-0.3, -0.25) is 4.79 Å². The van der Waals surface area contributed by atoms with Crippen molar-refractivity contribution < 1.29 is 9.53 Å². The SMILES string of the molecule is CC(=O)Oc1cc2cc(C)n(C)c2c2ccccc12. The number of rotatable bonds is 1. The summed E-state index contributed by atoms with van der Waals surface area (Å²) < 4.78 is 7.50. The second kappa shape index (κ2) is 4.12. The summed E-state index contributed by atoms with van der Waals surface area (Å²) in [7, 11) is 2.05. The van der Waals surface area contributed by atoms with Crippen molar-refractivity contribution >= 4 is 27.6 Å². The number of nitrogens with zero attached hydrogens (tertiary/aromatic N) is 1. The first-order valence-corrected chi connectivity index (χ1v) is 6.24. The number of hydrogen-bond donors (Lipinski definition) is 0. The second-order valence-corrected chi connectivity index (χ2v) is 4.80. The van der Waals surface area contributed by atoms with Crippen LogP contribution in [-0.4, -0.2) is 10.5 Å². The summed E-state index contributed by atoms with van der Waals surface area (Å²) in [5, 5.41) is 3.16. The molecule has 0 N–H and O–H groups in total. The highest BCUT2D eigenvalue weighted by atomic mass is 16.5. The summed E-state index contributed by atoms with van der Waals surface area (Å²) in [5.41, 5.74) is 2.35. The molecule has 0 aliphatic carbocycles. The fourth-order valence-electron chi connectivity index (χ4n) is 2.57. The molecule has 0 spiro atoms. The van der Waals surface area contributed by atoms with Crippen LogP contribution >= 0.6 is 0 Å². The van der Waals surface area contributed by atoms with Gasteiger partial charge in [0, 0.05) is 35.8 Å². The van der Waals surface area contributed by atoms with Crippen LogP contribution in [0.15, 0.2) is 36.4 Å². The van der Waals surface area contributed by atoms with E-state index in [0.29, 0.717) is 5.75 Å². The van der Waals surface area contributed by atoms with Crippen LogP contribution in [0.5, 0.6) is 5.75 Å². The van der Waals surface area contributed by atoms with E-state index in [0.717, 1.165) is 16.2 Å². The highest BCUT2D eigenvalue weighted by Crippen LogP contribution is 2.34. The predicted molar refractivity (Wildman–Crippen MR) is 76.5 cm³/mol. The molecule has 0 atom stereocenters. The molecule has 0 radical (unpaired) electrons. The zero-order valence-corrected chi connectivity index (χ0v) is 11.2. The van der Waals surface area contributed by atoms with Crippen molar-refractivity contribution in [1.82, 2.24) is 4.57 Å². The Balaban J connectivity index is 2.46. The van der Waals surface area contributed by atoms with Crippen molar-refractivity contribution in [2.75, 3.05) is 0 Å². The van der Waals surface area contributed by atoms with Crippen molar-refractivity contribution in [3.8, 4) is 5.75 Å². The Morgan fingerprint density at radius 2 is 1.84 bits per heavy atom. The van der Waals surface area contributed by atoms with Crippen molar-refractivity contribution in [1.29, 1.82) is 0 Å². The lowest BCUT2D eigenvalue weighted by Crippen LogP contribution is -2.02. The normalized spacial score (nSPS) is 11.1. The highest BCUT2D eigenvalue weighted by Gasteiger charge is 2.12. The fourth-order valence-corrected chi connectivity index (χ4v) is 2.57. The fraction of sp³-hybridized carbons (Fsp3) is 0.188. The number of carbonyl (C=O) groups excluding carboxylic acids is 1. The van der Waals surface area contributed by atoms with E-state index in [1.165, 1.54) is 18.1 Å². The quantitative estimate of drug-likeness (QED) is 0.490. The number of aromatic nitrogens is 1. The van der Waals surface area contributed by atoms with Crippen LogP contribution in [0, 0.1) is 6.92 Å². The molecular weight excluding hydrogens is 238 g/mol. The van der Waals surface area contributed by atoms with E-state index in [1.807, 2.05) is 24.3 Å². The average Bonchev–Trinajstić information content (AvgIpc) is 2.65. The van der Waals surface area contributed by atoms with Crippen LogP contribution in [0.3, 0.4) is 0 Å². The van der Waals surface area contributed by atoms with Gasteiger partial charge >= 0.3 is 5.97 Å². The van der Waals surface area contributed by atoms with Crippen LogP contribution in [-0.2, 0) is 11.8 Å². The molecule has 2 aromatic carbocycles. The molecule has 3 nitrogen and oxygen atoms in total. The molecule has 0 aliphatic heterocycles. The summed E-state index contributed by atoms with van der Waals surface area (Å²) >= 11 is 0. The molecule has 0 fully saturated rings. The van der Waals surface area contributed by atoms with E-state index >= 15 is 0 Å². The van der Waals surface area contributed by atoms with Gasteiger partial charge in [0.05, 0.1) is 5.52 Å². The van der Waals surface area contributed by atoms with Crippen LogP contribution in [0.1, 0.15) is 12.6 Å². The molecule has 3 aromatic rings. The van der Waals surface area contributed by atoms with Gasteiger partial charge in [-0.15, -0.1) is 0 Å². The molecule has 3 heteroatoms. The maximum Gasteiger partial charge on any atom is 0.308 e. The molecule has 19 heavy (non-hydrogen) atoms. The third kappa shape index (κ3) is 1.78. The Kier molecular flexibility index (Phi) is 2.56. The van der Waals surface area contributed by atoms with Gasteiger partial charge in [0.25, 0.3) is 0 Å². The minimum Gasteiger partial charge on any atom is -0.426 e. The van der Waals surface area contributed by atoms with Crippen molar-refractivity contribution in [2.24, 2.45) is 7.05 Å². The average molecular weight is 253 g/mol. The van der Waals surface area contributed by atoms with Crippen LogP contribution in [0.25, 0.3) is 21.7 Å². The van der Waals surface area contributed by atoms with Crippen LogP contribution in [0.4, 0.5) is 0 Å². The Bertz CT molecular complexity index is 799. The number of esters is 1. The van der Waals surface area contributed by atoms with E-state index in [2.05, 4.69) is 30.7 Å². The number of ether oxygens (including phenoxy) is 1. The molecule has 0 saturated carbocycles. The molecule has 0 unspecified atom stereocenters. The van der Waals surface area contributed by atoms with Crippen LogP contribution < -0.4 is 4.74 Å². The molecule has 0 bridgehead atoms. The Labute approximate surface area is 111 Å². The maximum absolute atomic E-state index is 11.2. The zero-order valence-electron chi connectivity index (χ0n) is 11.2. The van der Waals surface area contributed by atoms with E-state index < -0.39 is 0 Å². The lowest BCUT2D eigenvalue weighted by Gasteiger charge is -2.09. The molecule has 1 aromatic heterocycles. The third-order valence-corrected chi connectivity index (χ3v) is 3.49. The highest BCUT2D eigenvalue weighted by molar-refractivity contribution is 6.09. The molecule has 0 amide bonds. The van der Waals surface area contributed by atoms with Gasteiger partial charge in [0.15, 0.2) is 0 Å². The summed E-state index contributed by atoms with van der Waals surface area (Å²) in [4.78, 5) is 11.2. The summed E-state index contributed by atoms with van der Waals surface area (Å²) in [6, 6.07) is 12.0. The molecule has 1 heterocycles. The summed E-state index contributed by atoms with van der Waals surface area (Å²) in [6.45, 7) is 3.50. The number of fused-ring (bicyclic) bond motifs is 3. The molecule has 96 valence electrons. The van der Waals surface area contributed by atoms with Crippen molar-refractivity contribution in [2.45, 2.75) is 13.8 Å². The van der Waals surface area contributed by atoms with E-state index in [9.17, 15) is 4.79 Å². The molecule has 3 rings (SSSR count). The number of benzene rings is 2. The van der Waals surface area contributed by atoms with E-state index in [4.69, 9.17) is 4.74 Å². The Morgan fingerprint density at radius 3 is 2.53 bits per heavy atom. The number of aryl methyl sites for hydroxylation is 2. The zero-order chi connectivity index (χ0) is 13.6. The number of hydrogen-bond acceptors (Lipinski definition) is 2. The smallest absolute Gasteiger partial charge is 0.308 e. The van der Waals surface area contributed by atoms with E-state index in [1.54, 1.807) is 0 Å². The summed E-state index contributed by atoms with van der Waals surface area (Å²) in [5.74, 6) is 0.332. The predicted octanol–water partition coefficient (Wildman–Crippen LogP) is 3.57. The van der Waals surface area contributed by atoms with Gasteiger partial charge in [-0.05, 0) is 19.1 Å². The standard InChI is InChI=1S/C16H15NO2/c1-10-8-12-9-15(19-11(2)18)13-6-4-5-7-14(13)16(12)17(10)3/h4-9H,1-3H3. The summed E-state index contributed by atoms with van der Waals surface area (Å²) in [6.07, 6.45) is 0. The first-order chi connectivity index (χ1) is 9.08. The molecule has 0 saturated heterocycles. The van der Waals surface area contributed by atoms with Crippen molar-refractivity contribution in [3.05, 3.63) is 42.1 Å². The van der Waals surface area contributed by atoms with Crippen LogP contribution in [0.2, 0.25) is 0 Å². The Hall–Kier alpha value is -2.29. The first-order valence-electron chi connectivity index (χ1n) is 6.24. The maximum atomic E-state index is 11.2. The lowest BCUT2D eigenvalue weighted by molar-refractivity contribution is -0.131. The van der Waals surface area contributed by atoms with Gasteiger partial charge in [0.1, 0.15) is 5.75 Å². The minimum atomic E-state index is -0.294. The third-order valence-electron chi connectivity index (χ3n) is 3.49. The molecule has 0 aliphatic rings. The largest absolute Gasteiger partial charge is 0.426 e. The monoisotopic (exact) mass is 253 g/mol. The second-order valence-electron chi connectivity index (χ2n) is 4.80. The van der Waals surface area contributed by atoms with Gasteiger partial charge < -0.3 is 9.30 Å². The first kappa shape index (κ1) is 11.8. The Morgan fingerprint density at radius 1 is 1.16 bits per heavy atom. The van der Waals surface area contributed by atoms with Gasteiger partial charge in [-0.2, -0.15) is 0 Å². The topological polar surface area (TPSA) is 31.2 Å². The molecular formula is C16H15NO2.